The van der Waals surface area contributed by atoms with Gasteiger partial charge in [-0.2, -0.15) is 0 Å². The standard InChI is InChI=1S/C33H40N2O4/c1-25-11-6-7-14-27(25)24-35(32(36)17-10-22-39-30-20-18-29(38-2)19-21-30)31(23-26-12-4-3-5-13-26)33(37)34-28-15-8-9-16-28/h3-7,11-14,18-21,28,31H,8-10,15-17,22-24H2,1-2H3,(H,34,37)/t31-/m1/s1. The van der Waals surface area contributed by atoms with Crippen molar-refractivity contribution in [1.82, 2.24) is 10.2 Å². The van der Waals surface area contributed by atoms with Gasteiger partial charge in [0.1, 0.15) is 17.5 Å². The van der Waals surface area contributed by atoms with Crippen LogP contribution in [0, 0.1) is 6.92 Å². The summed E-state index contributed by atoms with van der Waals surface area (Å²) in [6.07, 6.45) is 5.58. The topological polar surface area (TPSA) is 67.9 Å². The summed E-state index contributed by atoms with van der Waals surface area (Å²) in [7, 11) is 1.63. The number of aryl methyl sites for hydroxylation is 1. The predicted octanol–water partition coefficient (Wildman–Crippen LogP) is 5.86. The number of nitrogens with one attached hydrogen (secondary N) is 1. The second kappa shape index (κ2) is 14.4. The summed E-state index contributed by atoms with van der Waals surface area (Å²) in [5, 5.41) is 3.27. The molecule has 3 aromatic carbocycles. The maximum Gasteiger partial charge on any atom is 0.243 e. The van der Waals surface area contributed by atoms with Crippen LogP contribution < -0.4 is 14.8 Å². The van der Waals surface area contributed by atoms with Crippen molar-refractivity contribution in [1.29, 1.82) is 0 Å². The molecule has 6 nitrogen and oxygen atoms in total. The summed E-state index contributed by atoms with van der Waals surface area (Å²) in [6.45, 7) is 2.85. The molecule has 0 aliphatic heterocycles. The van der Waals surface area contributed by atoms with Crippen molar-refractivity contribution < 1.29 is 19.1 Å². The largest absolute Gasteiger partial charge is 0.497 e. The van der Waals surface area contributed by atoms with Gasteiger partial charge in [0.05, 0.1) is 13.7 Å². The molecular formula is C33H40N2O4. The van der Waals surface area contributed by atoms with E-state index in [1.54, 1.807) is 12.0 Å². The summed E-state index contributed by atoms with van der Waals surface area (Å²) in [6, 6.07) is 25.0. The SMILES string of the molecule is COc1ccc(OCCCC(=O)N(Cc2ccccc2C)[C@H](Cc2ccccc2)C(=O)NC2CCCC2)cc1. The Morgan fingerprint density at radius 1 is 0.923 bits per heavy atom. The molecule has 1 aliphatic carbocycles. The van der Waals surface area contributed by atoms with E-state index in [0.717, 1.165) is 53.9 Å². The highest BCUT2D eigenvalue weighted by Gasteiger charge is 2.32. The molecule has 4 rings (SSSR count). The zero-order valence-corrected chi connectivity index (χ0v) is 23.1. The molecular weight excluding hydrogens is 488 g/mol. The smallest absolute Gasteiger partial charge is 0.243 e. The van der Waals surface area contributed by atoms with E-state index in [0.29, 0.717) is 32.4 Å². The number of hydrogen-bond donors (Lipinski definition) is 1. The quantitative estimate of drug-likeness (QED) is 0.282. The van der Waals surface area contributed by atoms with Crippen molar-refractivity contribution in [2.75, 3.05) is 13.7 Å². The molecule has 1 atom stereocenters. The minimum absolute atomic E-state index is 0.0425. The Morgan fingerprint density at radius 2 is 1.59 bits per heavy atom. The van der Waals surface area contributed by atoms with E-state index in [-0.39, 0.29) is 17.9 Å². The number of ether oxygens (including phenoxy) is 2. The molecule has 3 aromatic rings. The Labute approximate surface area is 232 Å². The molecule has 1 fully saturated rings. The van der Waals surface area contributed by atoms with Crippen LogP contribution in [0.1, 0.15) is 55.2 Å². The first-order valence-electron chi connectivity index (χ1n) is 14.0. The molecule has 1 saturated carbocycles. The molecule has 39 heavy (non-hydrogen) atoms. The molecule has 0 aromatic heterocycles. The van der Waals surface area contributed by atoms with Crippen LogP contribution in [0.4, 0.5) is 0 Å². The van der Waals surface area contributed by atoms with Gasteiger partial charge < -0.3 is 19.7 Å². The van der Waals surface area contributed by atoms with E-state index < -0.39 is 6.04 Å². The van der Waals surface area contributed by atoms with E-state index in [1.807, 2.05) is 85.8 Å². The second-order valence-corrected chi connectivity index (χ2v) is 10.3. The molecule has 0 heterocycles. The molecule has 0 spiro atoms. The fourth-order valence-electron chi connectivity index (χ4n) is 5.12. The summed E-state index contributed by atoms with van der Waals surface area (Å²) in [4.78, 5) is 29.3. The van der Waals surface area contributed by atoms with E-state index in [2.05, 4.69) is 5.32 Å². The van der Waals surface area contributed by atoms with Gasteiger partial charge in [-0.3, -0.25) is 9.59 Å². The Balaban J connectivity index is 1.50. The van der Waals surface area contributed by atoms with E-state index in [4.69, 9.17) is 9.47 Å². The highest BCUT2D eigenvalue weighted by atomic mass is 16.5. The number of amides is 2. The molecule has 1 N–H and O–H groups in total. The van der Waals surface area contributed by atoms with Crippen LogP contribution in [-0.2, 0) is 22.6 Å². The van der Waals surface area contributed by atoms with Crippen molar-refractivity contribution >= 4 is 11.8 Å². The van der Waals surface area contributed by atoms with Crippen LogP contribution in [0.15, 0.2) is 78.9 Å². The number of hydrogen-bond acceptors (Lipinski definition) is 4. The lowest BCUT2D eigenvalue weighted by atomic mass is 10.0. The van der Waals surface area contributed by atoms with Crippen LogP contribution in [0.2, 0.25) is 0 Å². The average Bonchev–Trinajstić information content (AvgIpc) is 3.47. The summed E-state index contributed by atoms with van der Waals surface area (Å²) >= 11 is 0. The minimum Gasteiger partial charge on any atom is -0.497 e. The molecule has 0 saturated heterocycles. The van der Waals surface area contributed by atoms with Crippen molar-refractivity contribution in [2.45, 2.75) is 70.5 Å². The molecule has 0 unspecified atom stereocenters. The van der Waals surface area contributed by atoms with Crippen LogP contribution in [0.5, 0.6) is 11.5 Å². The molecule has 2 amide bonds. The van der Waals surface area contributed by atoms with Crippen molar-refractivity contribution in [3.63, 3.8) is 0 Å². The van der Waals surface area contributed by atoms with E-state index in [1.165, 1.54) is 0 Å². The zero-order valence-electron chi connectivity index (χ0n) is 23.1. The Bertz CT molecular complexity index is 1190. The van der Waals surface area contributed by atoms with Crippen LogP contribution in [-0.4, -0.2) is 42.5 Å². The third kappa shape index (κ3) is 8.34. The van der Waals surface area contributed by atoms with Gasteiger partial charge in [-0.25, -0.2) is 0 Å². The first kappa shape index (κ1) is 28.2. The third-order valence-electron chi connectivity index (χ3n) is 7.44. The number of carbonyl (C=O) groups is 2. The first-order valence-corrected chi connectivity index (χ1v) is 14.0. The molecule has 0 bridgehead atoms. The summed E-state index contributed by atoms with van der Waals surface area (Å²) in [5.41, 5.74) is 3.19. The maximum absolute atomic E-state index is 13.8. The lowest BCUT2D eigenvalue weighted by Gasteiger charge is -2.33. The van der Waals surface area contributed by atoms with E-state index >= 15 is 0 Å². The number of nitrogens with zero attached hydrogens (tertiary/aromatic N) is 1. The number of benzene rings is 3. The fourth-order valence-corrected chi connectivity index (χ4v) is 5.12. The monoisotopic (exact) mass is 528 g/mol. The van der Waals surface area contributed by atoms with Gasteiger partial charge in [-0.05, 0) is 67.1 Å². The minimum atomic E-state index is -0.595. The van der Waals surface area contributed by atoms with Crippen LogP contribution in [0.3, 0.4) is 0 Å². The summed E-state index contributed by atoms with van der Waals surface area (Å²) < 4.78 is 11.1. The fraction of sp³-hybridized carbons (Fsp3) is 0.394. The van der Waals surface area contributed by atoms with Gasteiger partial charge in [0.25, 0.3) is 0 Å². The van der Waals surface area contributed by atoms with Gasteiger partial charge in [0.15, 0.2) is 0 Å². The van der Waals surface area contributed by atoms with Gasteiger partial charge in [0, 0.05) is 25.4 Å². The van der Waals surface area contributed by atoms with Gasteiger partial charge in [-0.1, -0.05) is 67.4 Å². The Hall–Kier alpha value is -3.80. The molecule has 206 valence electrons. The van der Waals surface area contributed by atoms with Gasteiger partial charge in [-0.15, -0.1) is 0 Å². The second-order valence-electron chi connectivity index (χ2n) is 10.3. The maximum atomic E-state index is 13.8. The van der Waals surface area contributed by atoms with Gasteiger partial charge in [0.2, 0.25) is 11.8 Å². The van der Waals surface area contributed by atoms with Gasteiger partial charge >= 0.3 is 0 Å². The molecule has 6 heteroatoms. The highest BCUT2D eigenvalue weighted by Crippen LogP contribution is 2.22. The summed E-state index contributed by atoms with van der Waals surface area (Å²) in [5.74, 6) is 1.39. The lowest BCUT2D eigenvalue weighted by Crippen LogP contribution is -2.52. The van der Waals surface area contributed by atoms with Crippen molar-refractivity contribution in [3.05, 3.63) is 95.6 Å². The van der Waals surface area contributed by atoms with E-state index in [9.17, 15) is 9.59 Å². The highest BCUT2D eigenvalue weighted by molar-refractivity contribution is 5.88. The Morgan fingerprint density at radius 3 is 2.28 bits per heavy atom. The number of methoxy groups -OCH3 is 1. The lowest BCUT2D eigenvalue weighted by molar-refractivity contribution is -0.141. The Kier molecular flexibility index (Phi) is 10.4. The van der Waals surface area contributed by atoms with Crippen LogP contribution >= 0.6 is 0 Å². The normalized spacial score (nSPS) is 14.0. The van der Waals surface area contributed by atoms with Crippen LogP contribution in [0.25, 0.3) is 0 Å². The first-order chi connectivity index (χ1) is 19.0. The number of rotatable bonds is 13. The zero-order chi connectivity index (χ0) is 27.5. The number of carbonyl (C=O) groups excluding carboxylic acids is 2. The molecule has 1 aliphatic rings. The van der Waals surface area contributed by atoms with Crippen molar-refractivity contribution in [3.8, 4) is 11.5 Å². The van der Waals surface area contributed by atoms with Crippen molar-refractivity contribution in [2.24, 2.45) is 0 Å². The third-order valence-corrected chi connectivity index (χ3v) is 7.44. The predicted molar refractivity (Wildman–Crippen MR) is 154 cm³/mol. The average molecular weight is 529 g/mol. The molecule has 0 radical (unpaired) electrons.